The van der Waals surface area contributed by atoms with E-state index in [1.165, 1.54) is 24.1 Å². The molecule has 39 heavy (non-hydrogen) atoms. The molecular weight excluding hydrogens is 492 g/mol. The van der Waals surface area contributed by atoms with Gasteiger partial charge in [-0.25, -0.2) is 4.79 Å². The Hall–Kier alpha value is -3.28. The SMILES string of the molecule is CCOC(=O)C=Cc1ccc(OC)c(-c2cc3c(cc2OCCCCCOC(C)=O)C(C)(C)CCC3(C)C)c1. The van der Waals surface area contributed by atoms with E-state index in [1.54, 1.807) is 20.1 Å². The monoisotopic (exact) mass is 536 g/mol. The molecule has 0 radical (unpaired) electrons. The summed E-state index contributed by atoms with van der Waals surface area (Å²) in [7, 11) is 1.67. The van der Waals surface area contributed by atoms with Crippen LogP contribution < -0.4 is 9.47 Å². The quantitative estimate of drug-likeness (QED) is 0.160. The van der Waals surface area contributed by atoms with Gasteiger partial charge in [-0.1, -0.05) is 33.8 Å². The number of fused-ring (bicyclic) bond motifs is 1. The lowest BCUT2D eigenvalue weighted by Gasteiger charge is -2.42. The Morgan fingerprint density at radius 2 is 1.49 bits per heavy atom. The van der Waals surface area contributed by atoms with Gasteiger partial charge in [-0.2, -0.15) is 0 Å². The molecule has 0 N–H and O–H groups in total. The zero-order chi connectivity index (χ0) is 28.6. The van der Waals surface area contributed by atoms with Crippen molar-refractivity contribution in [1.29, 1.82) is 0 Å². The lowest BCUT2D eigenvalue weighted by Crippen LogP contribution is -2.34. The van der Waals surface area contributed by atoms with Crippen molar-refractivity contribution in [3.05, 3.63) is 53.1 Å². The fourth-order valence-electron chi connectivity index (χ4n) is 5.10. The van der Waals surface area contributed by atoms with Gasteiger partial charge in [0.15, 0.2) is 0 Å². The van der Waals surface area contributed by atoms with Crippen LogP contribution in [0.3, 0.4) is 0 Å². The molecular formula is C33H44O6. The number of unbranched alkanes of at least 4 members (excludes halogenated alkanes) is 2. The highest BCUT2D eigenvalue weighted by Gasteiger charge is 2.38. The molecule has 0 amide bonds. The average molecular weight is 537 g/mol. The van der Waals surface area contributed by atoms with Crippen molar-refractivity contribution in [3.8, 4) is 22.6 Å². The molecule has 1 aliphatic carbocycles. The molecule has 2 aromatic carbocycles. The van der Waals surface area contributed by atoms with Crippen LogP contribution in [0.4, 0.5) is 0 Å². The third-order valence-corrected chi connectivity index (χ3v) is 7.52. The summed E-state index contributed by atoms with van der Waals surface area (Å²) in [6.07, 6.45) is 7.99. The Kier molecular flexibility index (Phi) is 10.2. The number of methoxy groups -OCH3 is 1. The normalized spacial score (nSPS) is 15.5. The Balaban J connectivity index is 2.01. The maximum Gasteiger partial charge on any atom is 0.330 e. The van der Waals surface area contributed by atoms with Gasteiger partial charge in [-0.3, -0.25) is 4.79 Å². The molecule has 0 spiro atoms. The molecule has 0 heterocycles. The van der Waals surface area contributed by atoms with E-state index in [4.69, 9.17) is 18.9 Å². The Labute approximate surface area is 233 Å². The van der Waals surface area contributed by atoms with Crippen molar-refractivity contribution in [2.45, 2.75) is 84.5 Å². The molecule has 6 nitrogen and oxygen atoms in total. The first-order valence-electron chi connectivity index (χ1n) is 14.0. The van der Waals surface area contributed by atoms with Crippen molar-refractivity contribution in [3.63, 3.8) is 0 Å². The van der Waals surface area contributed by atoms with Gasteiger partial charge in [0.05, 0.1) is 26.9 Å². The van der Waals surface area contributed by atoms with Gasteiger partial charge >= 0.3 is 11.9 Å². The molecule has 6 heteroatoms. The van der Waals surface area contributed by atoms with E-state index < -0.39 is 0 Å². The third kappa shape index (κ3) is 7.87. The summed E-state index contributed by atoms with van der Waals surface area (Å²) in [5.74, 6) is 0.945. The smallest absolute Gasteiger partial charge is 0.330 e. The minimum absolute atomic E-state index is 0.0313. The van der Waals surface area contributed by atoms with Crippen LogP contribution in [0.15, 0.2) is 36.4 Å². The van der Waals surface area contributed by atoms with Crippen molar-refractivity contribution < 1.29 is 28.5 Å². The molecule has 0 saturated heterocycles. The van der Waals surface area contributed by atoms with Crippen LogP contribution in [0.5, 0.6) is 11.5 Å². The van der Waals surface area contributed by atoms with Gasteiger partial charge in [0.1, 0.15) is 11.5 Å². The van der Waals surface area contributed by atoms with Crippen LogP contribution in [0.25, 0.3) is 17.2 Å². The van der Waals surface area contributed by atoms with Crippen molar-refractivity contribution >= 4 is 18.0 Å². The summed E-state index contributed by atoms with van der Waals surface area (Å²) < 4.78 is 22.3. The number of hydrogen-bond acceptors (Lipinski definition) is 6. The van der Waals surface area contributed by atoms with E-state index in [9.17, 15) is 9.59 Å². The van der Waals surface area contributed by atoms with E-state index in [-0.39, 0.29) is 22.8 Å². The number of ether oxygens (including phenoxy) is 4. The second kappa shape index (κ2) is 13.2. The van der Waals surface area contributed by atoms with E-state index in [0.29, 0.717) is 19.8 Å². The first-order chi connectivity index (χ1) is 18.5. The summed E-state index contributed by atoms with van der Waals surface area (Å²) in [5.41, 5.74) is 5.48. The first kappa shape index (κ1) is 30.3. The minimum Gasteiger partial charge on any atom is -0.496 e. The molecule has 3 rings (SSSR count). The number of esters is 2. The van der Waals surface area contributed by atoms with E-state index in [1.807, 2.05) is 18.2 Å². The van der Waals surface area contributed by atoms with Gasteiger partial charge in [0.2, 0.25) is 0 Å². The molecule has 0 atom stereocenters. The minimum atomic E-state index is -0.370. The lowest BCUT2D eigenvalue weighted by molar-refractivity contribution is -0.141. The second-order valence-corrected chi connectivity index (χ2v) is 11.5. The predicted molar refractivity (Wildman–Crippen MR) is 155 cm³/mol. The lowest BCUT2D eigenvalue weighted by atomic mass is 9.62. The molecule has 2 aromatic rings. The standard InChI is InChI=1S/C33H44O6/c1-8-37-31(35)15-13-24-12-14-29(36-7)25(20-24)26-21-27-28(33(5,6)17-16-32(27,3)4)22-30(26)39-19-11-9-10-18-38-23(2)34/h12-15,20-22H,8-11,16-19H2,1-7H3. The maximum atomic E-state index is 11.9. The highest BCUT2D eigenvalue weighted by Crippen LogP contribution is 2.50. The van der Waals surface area contributed by atoms with Crippen LogP contribution >= 0.6 is 0 Å². The molecule has 0 saturated carbocycles. The summed E-state index contributed by atoms with van der Waals surface area (Å²) in [5, 5.41) is 0. The predicted octanol–water partition coefficient (Wildman–Crippen LogP) is 7.40. The zero-order valence-electron chi connectivity index (χ0n) is 24.6. The summed E-state index contributed by atoms with van der Waals surface area (Å²) in [4.78, 5) is 22.9. The van der Waals surface area contributed by atoms with Crippen LogP contribution in [-0.4, -0.2) is 38.9 Å². The summed E-state index contributed by atoms with van der Waals surface area (Å²) in [6.45, 7) is 13.8. The van der Waals surface area contributed by atoms with Crippen molar-refractivity contribution in [2.75, 3.05) is 26.9 Å². The number of carbonyl (C=O) groups is 2. The Morgan fingerprint density at radius 1 is 0.846 bits per heavy atom. The van der Waals surface area contributed by atoms with Gasteiger partial charge in [0.25, 0.3) is 0 Å². The van der Waals surface area contributed by atoms with E-state index in [2.05, 4.69) is 39.8 Å². The maximum absolute atomic E-state index is 11.9. The highest BCUT2D eigenvalue weighted by molar-refractivity contribution is 5.88. The van der Waals surface area contributed by atoms with Gasteiger partial charge in [-0.05, 0) is 96.9 Å². The second-order valence-electron chi connectivity index (χ2n) is 11.5. The molecule has 0 fully saturated rings. The number of rotatable bonds is 12. The van der Waals surface area contributed by atoms with Crippen molar-refractivity contribution in [2.24, 2.45) is 0 Å². The highest BCUT2D eigenvalue weighted by atomic mass is 16.5. The molecule has 1 aliphatic rings. The largest absolute Gasteiger partial charge is 0.496 e. The number of benzene rings is 2. The zero-order valence-corrected chi connectivity index (χ0v) is 24.6. The van der Waals surface area contributed by atoms with Crippen molar-refractivity contribution in [1.82, 2.24) is 0 Å². The van der Waals surface area contributed by atoms with E-state index in [0.717, 1.165) is 60.3 Å². The molecule has 212 valence electrons. The third-order valence-electron chi connectivity index (χ3n) is 7.52. The van der Waals surface area contributed by atoms with Gasteiger partial charge in [0, 0.05) is 24.1 Å². The fraction of sp³-hybridized carbons (Fsp3) is 0.515. The summed E-state index contributed by atoms with van der Waals surface area (Å²) >= 11 is 0. The number of hydrogen-bond donors (Lipinski definition) is 0. The topological polar surface area (TPSA) is 71.1 Å². The van der Waals surface area contributed by atoms with Gasteiger partial charge in [-0.15, -0.1) is 0 Å². The number of carbonyl (C=O) groups excluding carboxylic acids is 2. The fourth-order valence-corrected chi connectivity index (χ4v) is 5.10. The first-order valence-corrected chi connectivity index (χ1v) is 14.0. The van der Waals surface area contributed by atoms with Gasteiger partial charge < -0.3 is 18.9 Å². The van der Waals surface area contributed by atoms with Crippen LogP contribution in [0, 0.1) is 0 Å². The van der Waals surface area contributed by atoms with Crippen LogP contribution in [0.1, 0.15) is 90.3 Å². The van der Waals surface area contributed by atoms with Crippen LogP contribution in [0.2, 0.25) is 0 Å². The molecule has 0 aromatic heterocycles. The molecule has 0 bridgehead atoms. The summed E-state index contributed by atoms with van der Waals surface area (Å²) in [6, 6.07) is 10.4. The van der Waals surface area contributed by atoms with E-state index >= 15 is 0 Å². The Morgan fingerprint density at radius 3 is 2.13 bits per heavy atom. The molecule has 0 aliphatic heterocycles. The Bertz CT molecular complexity index is 1190. The van der Waals surface area contributed by atoms with Crippen LogP contribution in [-0.2, 0) is 29.9 Å². The molecule has 0 unspecified atom stereocenters. The average Bonchev–Trinajstić information content (AvgIpc) is 2.89.